The van der Waals surface area contributed by atoms with Gasteiger partial charge in [0.05, 0.1) is 11.6 Å². The van der Waals surface area contributed by atoms with Crippen LogP contribution in [-0.2, 0) is 11.2 Å². The molecule has 2 heterocycles. The average Bonchev–Trinajstić information content (AvgIpc) is 3.05. The summed E-state index contributed by atoms with van der Waals surface area (Å²) in [4.78, 5) is 30.1. The first-order valence-corrected chi connectivity index (χ1v) is 8.53. The van der Waals surface area contributed by atoms with Gasteiger partial charge in [-0.2, -0.15) is 0 Å². The van der Waals surface area contributed by atoms with E-state index in [1.165, 1.54) is 0 Å². The smallest absolute Gasteiger partial charge is 0.308 e. The number of aromatic nitrogens is 3. The molecule has 0 bridgehead atoms. The summed E-state index contributed by atoms with van der Waals surface area (Å²) in [5.41, 5.74) is 0.848. The summed E-state index contributed by atoms with van der Waals surface area (Å²) < 4.78 is 1.68. The fourth-order valence-electron chi connectivity index (χ4n) is 3.28. The van der Waals surface area contributed by atoms with Crippen molar-refractivity contribution >= 4 is 11.9 Å². The fourth-order valence-corrected chi connectivity index (χ4v) is 3.28. The molecule has 3 rings (SSSR count). The van der Waals surface area contributed by atoms with Crippen LogP contribution in [-0.4, -0.2) is 49.7 Å². The Morgan fingerprint density at radius 2 is 1.96 bits per heavy atom. The molecular formula is C18H22N4O3. The van der Waals surface area contributed by atoms with Crippen molar-refractivity contribution in [1.82, 2.24) is 19.7 Å². The second-order valence-corrected chi connectivity index (χ2v) is 6.54. The first-order chi connectivity index (χ1) is 12.0. The first kappa shape index (κ1) is 17.1. The zero-order chi connectivity index (χ0) is 18.0. The number of carbonyl (C=O) groups is 2. The standard InChI is InChI=1S/C18H22N4O3/c1-3-15-19-16(20-22(15)14-7-5-4-6-8-14)17(23)21-10-12(2)9-13(11-21)18(24)25/h4-8,12-13H,3,9-11H2,1-2H3,(H,24,25). The monoisotopic (exact) mass is 342 g/mol. The molecule has 0 spiro atoms. The van der Waals surface area contributed by atoms with Gasteiger partial charge in [-0.15, -0.1) is 5.10 Å². The molecule has 7 nitrogen and oxygen atoms in total. The third kappa shape index (κ3) is 3.55. The minimum absolute atomic E-state index is 0.124. The average molecular weight is 342 g/mol. The van der Waals surface area contributed by atoms with Crippen LogP contribution in [0.2, 0.25) is 0 Å². The van der Waals surface area contributed by atoms with Gasteiger partial charge in [-0.1, -0.05) is 32.0 Å². The molecule has 2 atom stereocenters. The SMILES string of the molecule is CCc1nc(C(=O)N2CC(C)CC(C(=O)O)C2)nn1-c1ccccc1. The number of hydrogen-bond acceptors (Lipinski definition) is 4. The topological polar surface area (TPSA) is 88.3 Å². The van der Waals surface area contributed by atoms with Crippen molar-refractivity contribution in [2.75, 3.05) is 13.1 Å². The number of aliphatic carboxylic acids is 1. The summed E-state index contributed by atoms with van der Waals surface area (Å²) in [5.74, 6) is -0.730. The number of piperidine rings is 1. The molecule has 7 heteroatoms. The Morgan fingerprint density at radius 1 is 1.24 bits per heavy atom. The van der Waals surface area contributed by atoms with Gasteiger partial charge in [-0.05, 0) is 24.5 Å². The molecule has 0 saturated carbocycles. The summed E-state index contributed by atoms with van der Waals surface area (Å²) in [7, 11) is 0. The lowest BCUT2D eigenvalue weighted by atomic mass is 9.90. The molecule has 1 aliphatic rings. The summed E-state index contributed by atoms with van der Waals surface area (Å²) in [6, 6.07) is 9.54. The summed E-state index contributed by atoms with van der Waals surface area (Å²) in [5, 5.41) is 13.7. The normalized spacial score (nSPS) is 20.5. The molecule has 2 unspecified atom stereocenters. The quantitative estimate of drug-likeness (QED) is 0.918. The molecule has 132 valence electrons. The zero-order valence-electron chi connectivity index (χ0n) is 14.4. The third-order valence-electron chi connectivity index (χ3n) is 4.48. The molecule has 1 amide bonds. The van der Waals surface area contributed by atoms with E-state index in [-0.39, 0.29) is 24.2 Å². The van der Waals surface area contributed by atoms with Crippen LogP contribution in [0.4, 0.5) is 0 Å². The van der Waals surface area contributed by atoms with E-state index < -0.39 is 11.9 Å². The summed E-state index contributed by atoms with van der Waals surface area (Å²) >= 11 is 0. The molecule has 25 heavy (non-hydrogen) atoms. The van der Waals surface area contributed by atoms with E-state index in [1.807, 2.05) is 44.2 Å². The van der Waals surface area contributed by atoms with Crippen molar-refractivity contribution in [3.05, 3.63) is 42.0 Å². The highest BCUT2D eigenvalue weighted by molar-refractivity contribution is 5.91. The second-order valence-electron chi connectivity index (χ2n) is 6.54. The highest BCUT2D eigenvalue weighted by Gasteiger charge is 2.33. The molecule has 2 aromatic rings. The molecule has 1 aromatic carbocycles. The number of nitrogens with zero attached hydrogens (tertiary/aromatic N) is 4. The number of amides is 1. The van der Waals surface area contributed by atoms with Gasteiger partial charge < -0.3 is 10.0 Å². The number of aryl methyl sites for hydroxylation is 1. The van der Waals surface area contributed by atoms with Gasteiger partial charge in [-0.25, -0.2) is 9.67 Å². The molecular weight excluding hydrogens is 320 g/mol. The minimum atomic E-state index is -0.860. The molecule has 1 aromatic heterocycles. The highest BCUT2D eigenvalue weighted by atomic mass is 16.4. The fraction of sp³-hybridized carbons (Fsp3) is 0.444. The number of para-hydroxylation sites is 1. The number of likely N-dealkylation sites (tertiary alicyclic amines) is 1. The van der Waals surface area contributed by atoms with Gasteiger partial charge in [0.1, 0.15) is 5.82 Å². The maximum atomic E-state index is 12.8. The Morgan fingerprint density at radius 3 is 2.60 bits per heavy atom. The van der Waals surface area contributed by atoms with Crippen LogP contribution < -0.4 is 0 Å². The van der Waals surface area contributed by atoms with Crippen molar-refractivity contribution in [1.29, 1.82) is 0 Å². The molecule has 1 N–H and O–H groups in total. The lowest BCUT2D eigenvalue weighted by Crippen LogP contribution is -2.45. The Hall–Kier alpha value is -2.70. The summed E-state index contributed by atoms with van der Waals surface area (Å²) in [6.07, 6.45) is 1.23. The van der Waals surface area contributed by atoms with Crippen molar-refractivity contribution in [3.8, 4) is 5.69 Å². The van der Waals surface area contributed by atoms with Crippen molar-refractivity contribution in [3.63, 3.8) is 0 Å². The van der Waals surface area contributed by atoms with E-state index in [0.29, 0.717) is 25.2 Å². The maximum Gasteiger partial charge on any atom is 0.308 e. The molecule has 1 aliphatic heterocycles. The number of carbonyl (C=O) groups excluding carboxylic acids is 1. The van der Waals surface area contributed by atoms with Crippen LogP contribution in [0, 0.1) is 11.8 Å². The van der Waals surface area contributed by atoms with Crippen molar-refractivity contribution in [2.45, 2.75) is 26.7 Å². The van der Waals surface area contributed by atoms with E-state index in [2.05, 4.69) is 10.1 Å². The zero-order valence-corrected chi connectivity index (χ0v) is 14.4. The maximum absolute atomic E-state index is 12.8. The number of carboxylic acids is 1. The van der Waals surface area contributed by atoms with Crippen LogP contribution in [0.1, 0.15) is 36.7 Å². The van der Waals surface area contributed by atoms with Crippen LogP contribution in [0.3, 0.4) is 0 Å². The Bertz CT molecular complexity index is 772. The van der Waals surface area contributed by atoms with Gasteiger partial charge in [0, 0.05) is 19.5 Å². The Balaban J connectivity index is 1.87. The largest absolute Gasteiger partial charge is 0.481 e. The van der Waals surface area contributed by atoms with Crippen LogP contribution in [0.15, 0.2) is 30.3 Å². The van der Waals surface area contributed by atoms with Crippen molar-refractivity contribution < 1.29 is 14.7 Å². The number of rotatable bonds is 4. The van der Waals surface area contributed by atoms with Gasteiger partial charge in [-0.3, -0.25) is 9.59 Å². The first-order valence-electron chi connectivity index (χ1n) is 8.53. The van der Waals surface area contributed by atoms with Crippen LogP contribution in [0.5, 0.6) is 0 Å². The van der Waals surface area contributed by atoms with E-state index in [9.17, 15) is 14.7 Å². The third-order valence-corrected chi connectivity index (χ3v) is 4.48. The van der Waals surface area contributed by atoms with Gasteiger partial charge in [0.25, 0.3) is 5.91 Å². The van der Waals surface area contributed by atoms with E-state index in [1.54, 1.807) is 9.58 Å². The number of hydrogen-bond donors (Lipinski definition) is 1. The Labute approximate surface area is 146 Å². The molecule has 1 saturated heterocycles. The van der Waals surface area contributed by atoms with E-state index in [4.69, 9.17) is 0 Å². The minimum Gasteiger partial charge on any atom is -0.481 e. The molecule has 0 radical (unpaired) electrons. The number of benzene rings is 1. The predicted octanol–water partition coefficient (Wildman–Crippen LogP) is 2.01. The van der Waals surface area contributed by atoms with Gasteiger partial charge in [0.2, 0.25) is 5.82 Å². The van der Waals surface area contributed by atoms with Crippen LogP contribution in [0.25, 0.3) is 5.69 Å². The lowest BCUT2D eigenvalue weighted by molar-refractivity contribution is -0.143. The Kier molecular flexibility index (Phi) is 4.83. The van der Waals surface area contributed by atoms with Crippen LogP contribution >= 0.6 is 0 Å². The summed E-state index contributed by atoms with van der Waals surface area (Å²) in [6.45, 7) is 4.66. The predicted molar refractivity (Wildman–Crippen MR) is 91.5 cm³/mol. The van der Waals surface area contributed by atoms with Crippen molar-refractivity contribution in [2.24, 2.45) is 11.8 Å². The van der Waals surface area contributed by atoms with E-state index >= 15 is 0 Å². The lowest BCUT2D eigenvalue weighted by Gasteiger charge is -2.33. The van der Waals surface area contributed by atoms with Gasteiger partial charge in [0.15, 0.2) is 0 Å². The van der Waals surface area contributed by atoms with E-state index in [0.717, 1.165) is 5.69 Å². The highest BCUT2D eigenvalue weighted by Crippen LogP contribution is 2.23. The number of carboxylic acid groups (broad SMARTS) is 1. The molecule has 0 aliphatic carbocycles. The second kappa shape index (κ2) is 7.04. The molecule has 1 fully saturated rings. The van der Waals surface area contributed by atoms with Gasteiger partial charge >= 0.3 is 5.97 Å².